The van der Waals surface area contributed by atoms with Gasteiger partial charge in [-0.3, -0.25) is 14.5 Å². The van der Waals surface area contributed by atoms with Crippen LogP contribution in [0.4, 0.5) is 5.69 Å². The Bertz CT molecular complexity index is 1090. The number of aromatic nitrogens is 1. The molecule has 0 saturated heterocycles. The lowest BCUT2D eigenvalue weighted by Crippen LogP contribution is -2.30. The zero-order valence-corrected chi connectivity index (χ0v) is 15.2. The van der Waals surface area contributed by atoms with Crippen molar-refractivity contribution in [1.29, 1.82) is 0 Å². The van der Waals surface area contributed by atoms with Gasteiger partial charge in [-0.05, 0) is 30.7 Å². The lowest BCUT2D eigenvalue weighted by Gasteiger charge is -2.26. The molecule has 5 nitrogen and oxygen atoms in total. The van der Waals surface area contributed by atoms with E-state index in [-0.39, 0.29) is 17.8 Å². The number of nitrogens with zero attached hydrogens (tertiary/aromatic N) is 1. The SMILES string of the molecule is CCC(=O)C1=C(O)C(=O)N(c2cccc(C)c2)C1c1c[nH]c2ccccc12. The van der Waals surface area contributed by atoms with Gasteiger partial charge < -0.3 is 10.1 Å². The van der Waals surface area contributed by atoms with E-state index in [2.05, 4.69) is 4.98 Å². The van der Waals surface area contributed by atoms with Gasteiger partial charge in [0.2, 0.25) is 0 Å². The summed E-state index contributed by atoms with van der Waals surface area (Å²) in [7, 11) is 0. The van der Waals surface area contributed by atoms with E-state index >= 15 is 0 Å². The smallest absolute Gasteiger partial charge is 0.294 e. The summed E-state index contributed by atoms with van der Waals surface area (Å²) in [5.74, 6) is -1.24. The number of fused-ring (bicyclic) bond motifs is 1. The molecule has 0 spiro atoms. The Morgan fingerprint density at radius 2 is 1.96 bits per heavy atom. The number of aliphatic hydroxyl groups excluding tert-OH is 1. The van der Waals surface area contributed by atoms with Crippen molar-refractivity contribution >= 4 is 28.3 Å². The molecule has 1 aromatic heterocycles. The Balaban J connectivity index is 1.96. The van der Waals surface area contributed by atoms with Gasteiger partial charge >= 0.3 is 0 Å². The molecule has 1 unspecified atom stereocenters. The molecule has 1 atom stereocenters. The van der Waals surface area contributed by atoms with Gasteiger partial charge in [0.1, 0.15) is 0 Å². The zero-order valence-electron chi connectivity index (χ0n) is 15.2. The molecular weight excluding hydrogens is 340 g/mol. The van der Waals surface area contributed by atoms with Crippen LogP contribution < -0.4 is 4.90 Å². The number of aliphatic hydroxyl groups is 1. The number of carbonyl (C=O) groups is 2. The molecule has 2 N–H and O–H groups in total. The van der Waals surface area contributed by atoms with Gasteiger partial charge in [0, 0.05) is 34.8 Å². The average Bonchev–Trinajstić information content (AvgIpc) is 3.20. The van der Waals surface area contributed by atoms with Crippen molar-refractivity contribution < 1.29 is 14.7 Å². The van der Waals surface area contributed by atoms with Crippen molar-refractivity contribution in [1.82, 2.24) is 4.98 Å². The number of carbonyl (C=O) groups excluding carboxylic acids is 2. The summed E-state index contributed by atoms with van der Waals surface area (Å²) < 4.78 is 0. The van der Waals surface area contributed by atoms with Crippen LogP contribution in [0.3, 0.4) is 0 Å². The molecule has 1 amide bonds. The molecule has 0 saturated carbocycles. The maximum Gasteiger partial charge on any atom is 0.294 e. The predicted octanol–water partition coefficient (Wildman–Crippen LogP) is 4.36. The summed E-state index contributed by atoms with van der Waals surface area (Å²) in [5.41, 5.74) is 3.52. The van der Waals surface area contributed by atoms with Crippen molar-refractivity contribution in [3.63, 3.8) is 0 Å². The fourth-order valence-corrected chi connectivity index (χ4v) is 3.74. The maximum atomic E-state index is 12.9. The standard InChI is InChI=1S/C22H20N2O3/c1-3-18(25)19-20(16-12-23-17-10-5-4-9-15(16)17)24(22(27)21(19)26)14-8-6-7-13(2)11-14/h4-12,20,23,26H,3H2,1-2H3. The van der Waals surface area contributed by atoms with Crippen LogP contribution in [0.1, 0.15) is 30.5 Å². The number of hydrogen-bond donors (Lipinski definition) is 2. The lowest BCUT2D eigenvalue weighted by atomic mass is 9.94. The molecule has 0 fully saturated rings. The molecule has 4 rings (SSSR count). The molecule has 3 aromatic rings. The van der Waals surface area contributed by atoms with E-state index in [0.29, 0.717) is 5.69 Å². The third-order valence-corrected chi connectivity index (χ3v) is 5.03. The summed E-state index contributed by atoms with van der Waals surface area (Å²) in [6, 6.07) is 14.6. The van der Waals surface area contributed by atoms with Crippen LogP contribution in [0.5, 0.6) is 0 Å². The van der Waals surface area contributed by atoms with Gasteiger partial charge in [-0.15, -0.1) is 0 Å². The number of hydrogen-bond acceptors (Lipinski definition) is 3. The minimum atomic E-state index is -0.664. The van der Waals surface area contributed by atoms with Crippen molar-refractivity contribution in [3.8, 4) is 0 Å². The first-order valence-electron chi connectivity index (χ1n) is 8.95. The Morgan fingerprint density at radius 3 is 2.70 bits per heavy atom. The van der Waals surface area contributed by atoms with E-state index < -0.39 is 17.7 Å². The number of aromatic amines is 1. The Morgan fingerprint density at radius 1 is 1.19 bits per heavy atom. The van der Waals surface area contributed by atoms with Crippen molar-refractivity contribution in [3.05, 3.63) is 77.2 Å². The topological polar surface area (TPSA) is 73.4 Å². The van der Waals surface area contributed by atoms with Crippen molar-refractivity contribution in [2.75, 3.05) is 4.90 Å². The number of nitrogens with one attached hydrogen (secondary N) is 1. The highest BCUT2D eigenvalue weighted by atomic mass is 16.3. The Labute approximate surface area is 156 Å². The van der Waals surface area contributed by atoms with Crippen LogP contribution in [-0.4, -0.2) is 21.8 Å². The first-order chi connectivity index (χ1) is 13.0. The predicted molar refractivity (Wildman–Crippen MR) is 105 cm³/mol. The van der Waals surface area contributed by atoms with Crippen LogP contribution in [0.15, 0.2) is 66.1 Å². The van der Waals surface area contributed by atoms with Crippen LogP contribution in [0, 0.1) is 6.92 Å². The first kappa shape index (κ1) is 17.1. The number of aryl methyl sites for hydroxylation is 1. The minimum Gasteiger partial charge on any atom is -0.503 e. The van der Waals surface area contributed by atoms with Crippen molar-refractivity contribution in [2.24, 2.45) is 0 Å². The van der Waals surface area contributed by atoms with E-state index in [1.807, 2.05) is 61.7 Å². The fourth-order valence-electron chi connectivity index (χ4n) is 3.74. The van der Waals surface area contributed by atoms with Gasteiger partial charge in [-0.1, -0.05) is 37.3 Å². The molecule has 136 valence electrons. The van der Waals surface area contributed by atoms with E-state index in [4.69, 9.17) is 0 Å². The molecule has 1 aliphatic rings. The van der Waals surface area contributed by atoms with Crippen LogP contribution >= 0.6 is 0 Å². The normalized spacial score (nSPS) is 17.2. The number of anilines is 1. The summed E-state index contributed by atoms with van der Waals surface area (Å²) in [6.07, 6.45) is 2.03. The van der Waals surface area contributed by atoms with Gasteiger partial charge in [0.05, 0.1) is 11.6 Å². The zero-order chi connectivity index (χ0) is 19.1. The molecule has 27 heavy (non-hydrogen) atoms. The number of Topliss-reactive ketones (excluding diaryl/α,β-unsaturated/α-hetero) is 1. The summed E-state index contributed by atoms with van der Waals surface area (Å²) >= 11 is 0. The number of ketones is 1. The van der Waals surface area contributed by atoms with Crippen molar-refractivity contribution in [2.45, 2.75) is 26.3 Å². The quantitative estimate of drug-likeness (QED) is 0.726. The van der Waals surface area contributed by atoms with Gasteiger partial charge in [-0.2, -0.15) is 0 Å². The average molecular weight is 360 g/mol. The van der Waals surface area contributed by atoms with E-state index in [1.54, 1.807) is 6.92 Å². The second-order valence-electron chi connectivity index (χ2n) is 6.75. The molecule has 2 aromatic carbocycles. The van der Waals surface area contributed by atoms with E-state index in [0.717, 1.165) is 22.0 Å². The number of para-hydroxylation sites is 1. The number of H-pyrrole nitrogens is 1. The third kappa shape index (κ3) is 2.63. The maximum absolute atomic E-state index is 12.9. The largest absolute Gasteiger partial charge is 0.503 e. The molecule has 0 aliphatic carbocycles. The second-order valence-corrected chi connectivity index (χ2v) is 6.75. The molecule has 5 heteroatoms. The highest BCUT2D eigenvalue weighted by Gasteiger charge is 2.44. The monoisotopic (exact) mass is 360 g/mol. The number of rotatable bonds is 4. The van der Waals surface area contributed by atoms with Gasteiger partial charge in [-0.25, -0.2) is 0 Å². The summed E-state index contributed by atoms with van der Waals surface area (Å²) in [6.45, 7) is 3.67. The fraction of sp³-hybridized carbons (Fsp3) is 0.182. The van der Waals surface area contributed by atoms with E-state index in [9.17, 15) is 14.7 Å². The second kappa shape index (κ2) is 6.43. The van der Waals surface area contributed by atoms with Gasteiger partial charge in [0.25, 0.3) is 5.91 Å². The molecular formula is C22H20N2O3. The van der Waals surface area contributed by atoms with Gasteiger partial charge in [0.15, 0.2) is 11.5 Å². The highest BCUT2D eigenvalue weighted by molar-refractivity contribution is 6.17. The third-order valence-electron chi connectivity index (χ3n) is 5.03. The molecule has 1 aliphatic heterocycles. The summed E-state index contributed by atoms with van der Waals surface area (Å²) in [4.78, 5) is 30.3. The minimum absolute atomic E-state index is 0.161. The molecule has 0 bridgehead atoms. The van der Waals surface area contributed by atoms with Crippen LogP contribution in [-0.2, 0) is 9.59 Å². The highest BCUT2D eigenvalue weighted by Crippen LogP contribution is 2.43. The lowest BCUT2D eigenvalue weighted by molar-refractivity contribution is -0.118. The van der Waals surface area contributed by atoms with Crippen LogP contribution in [0.25, 0.3) is 10.9 Å². The molecule has 2 heterocycles. The number of amides is 1. The van der Waals surface area contributed by atoms with Crippen LogP contribution in [0.2, 0.25) is 0 Å². The summed E-state index contributed by atoms with van der Waals surface area (Å²) in [5, 5.41) is 11.5. The Hall–Kier alpha value is -3.34. The molecule has 0 radical (unpaired) electrons. The van der Waals surface area contributed by atoms with E-state index in [1.165, 1.54) is 4.90 Å². The first-order valence-corrected chi connectivity index (χ1v) is 8.95. The Kier molecular flexibility index (Phi) is 4.07. The number of benzene rings is 2.